The molecular weight excluding hydrogens is 278 g/mol. The molecule has 0 amide bonds. The van der Waals surface area contributed by atoms with Crippen molar-refractivity contribution in [1.82, 2.24) is 9.97 Å². The third-order valence-electron chi connectivity index (χ3n) is 3.07. The van der Waals surface area contributed by atoms with Crippen LogP contribution in [0.1, 0.15) is 46.4 Å². The van der Waals surface area contributed by atoms with Gasteiger partial charge >= 0.3 is 0 Å². The first-order valence-corrected chi connectivity index (χ1v) is 6.97. The van der Waals surface area contributed by atoms with Crippen molar-refractivity contribution in [1.29, 1.82) is 0 Å². The summed E-state index contributed by atoms with van der Waals surface area (Å²) in [5.41, 5.74) is -0.0248. The number of hydrogen-bond donors (Lipinski definition) is 1. The van der Waals surface area contributed by atoms with Gasteiger partial charge in [-0.3, -0.25) is 0 Å². The Kier molecular flexibility index (Phi) is 3.43. The van der Waals surface area contributed by atoms with E-state index in [1.54, 1.807) is 0 Å². The summed E-state index contributed by atoms with van der Waals surface area (Å²) in [4.78, 5) is 9.04. The standard InChI is InChI=1S/C13H20BrN3/c1-8(9-5-6-9)15-11-7-10(14)16-12(17-11)13(2,3)4/h7-9H,5-6H2,1-4H3,(H,15,16,17). The highest BCUT2D eigenvalue weighted by atomic mass is 79.9. The third kappa shape index (κ3) is 3.41. The first-order valence-electron chi connectivity index (χ1n) is 6.18. The van der Waals surface area contributed by atoms with Crippen LogP contribution in [-0.2, 0) is 5.41 Å². The minimum absolute atomic E-state index is 0.0248. The zero-order valence-corrected chi connectivity index (χ0v) is 12.5. The molecule has 1 aliphatic carbocycles. The van der Waals surface area contributed by atoms with Crippen LogP contribution in [0.2, 0.25) is 0 Å². The summed E-state index contributed by atoms with van der Waals surface area (Å²) in [7, 11) is 0. The lowest BCUT2D eigenvalue weighted by Gasteiger charge is -2.19. The van der Waals surface area contributed by atoms with Gasteiger partial charge in [-0.2, -0.15) is 0 Å². The highest BCUT2D eigenvalue weighted by Gasteiger charge is 2.28. The number of nitrogens with one attached hydrogen (secondary N) is 1. The van der Waals surface area contributed by atoms with Gasteiger partial charge in [-0.1, -0.05) is 20.8 Å². The molecule has 0 saturated heterocycles. The molecule has 1 N–H and O–H groups in total. The zero-order chi connectivity index (χ0) is 12.6. The molecule has 1 saturated carbocycles. The highest BCUT2D eigenvalue weighted by molar-refractivity contribution is 9.10. The first-order chi connectivity index (χ1) is 7.86. The van der Waals surface area contributed by atoms with Crippen molar-refractivity contribution in [2.45, 2.75) is 52.0 Å². The lowest BCUT2D eigenvalue weighted by atomic mass is 9.96. The van der Waals surface area contributed by atoms with Gasteiger partial charge in [0.25, 0.3) is 0 Å². The van der Waals surface area contributed by atoms with Crippen molar-refractivity contribution >= 4 is 21.7 Å². The van der Waals surface area contributed by atoms with E-state index < -0.39 is 0 Å². The van der Waals surface area contributed by atoms with Crippen LogP contribution in [0.4, 0.5) is 5.82 Å². The van der Waals surface area contributed by atoms with Crippen molar-refractivity contribution in [3.63, 3.8) is 0 Å². The van der Waals surface area contributed by atoms with Crippen molar-refractivity contribution in [3.8, 4) is 0 Å². The fourth-order valence-corrected chi connectivity index (χ4v) is 2.16. The molecule has 1 aromatic heterocycles. The van der Waals surface area contributed by atoms with Gasteiger partial charge in [0.15, 0.2) is 0 Å². The second kappa shape index (κ2) is 4.56. The van der Waals surface area contributed by atoms with E-state index >= 15 is 0 Å². The molecule has 4 heteroatoms. The van der Waals surface area contributed by atoms with Crippen LogP contribution in [0.15, 0.2) is 10.7 Å². The van der Waals surface area contributed by atoms with Crippen LogP contribution in [-0.4, -0.2) is 16.0 Å². The first kappa shape index (κ1) is 12.8. The Balaban J connectivity index is 2.19. The van der Waals surface area contributed by atoms with E-state index in [1.807, 2.05) is 6.07 Å². The molecule has 0 aliphatic heterocycles. The Bertz CT molecular complexity index is 408. The highest BCUT2D eigenvalue weighted by Crippen LogP contribution is 2.34. The van der Waals surface area contributed by atoms with Gasteiger partial charge in [0.2, 0.25) is 0 Å². The summed E-state index contributed by atoms with van der Waals surface area (Å²) in [6.07, 6.45) is 2.68. The molecular formula is C13H20BrN3. The monoisotopic (exact) mass is 297 g/mol. The molecule has 1 aliphatic rings. The van der Waals surface area contributed by atoms with Gasteiger partial charge in [-0.25, -0.2) is 9.97 Å². The molecule has 17 heavy (non-hydrogen) atoms. The van der Waals surface area contributed by atoms with Gasteiger partial charge in [0.1, 0.15) is 16.2 Å². The Labute approximate surface area is 112 Å². The van der Waals surface area contributed by atoms with Gasteiger partial charge in [0, 0.05) is 17.5 Å². The largest absolute Gasteiger partial charge is 0.367 e. The second-order valence-corrected chi connectivity index (χ2v) is 6.73. The van der Waals surface area contributed by atoms with Crippen LogP contribution in [0.25, 0.3) is 0 Å². The molecule has 1 aromatic rings. The normalized spacial score (nSPS) is 17.9. The average Bonchev–Trinajstić information content (AvgIpc) is 2.97. The number of halogens is 1. The van der Waals surface area contributed by atoms with Gasteiger partial charge in [0.05, 0.1) is 0 Å². The predicted octanol–water partition coefficient (Wildman–Crippen LogP) is 3.75. The molecule has 0 aromatic carbocycles. The van der Waals surface area contributed by atoms with Crippen molar-refractivity contribution in [2.24, 2.45) is 5.92 Å². The lowest BCUT2D eigenvalue weighted by molar-refractivity contribution is 0.543. The molecule has 0 bridgehead atoms. The van der Waals surface area contributed by atoms with E-state index in [0.717, 1.165) is 22.2 Å². The Morgan fingerprint density at radius 2 is 2.00 bits per heavy atom. The zero-order valence-electron chi connectivity index (χ0n) is 10.9. The Morgan fingerprint density at radius 1 is 1.35 bits per heavy atom. The summed E-state index contributed by atoms with van der Waals surface area (Å²) in [6.45, 7) is 8.61. The van der Waals surface area contributed by atoms with Crippen molar-refractivity contribution in [2.75, 3.05) is 5.32 Å². The van der Waals surface area contributed by atoms with Crippen LogP contribution in [0.3, 0.4) is 0 Å². The summed E-state index contributed by atoms with van der Waals surface area (Å²) >= 11 is 3.46. The Morgan fingerprint density at radius 3 is 2.53 bits per heavy atom. The number of hydrogen-bond acceptors (Lipinski definition) is 3. The van der Waals surface area contributed by atoms with Crippen LogP contribution in [0, 0.1) is 5.92 Å². The fourth-order valence-electron chi connectivity index (χ4n) is 1.77. The molecule has 2 rings (SSSR count). The van der Waals surface area contributed by atoms with Gasteiger partial charge in [-0.15, -0.1) is 0 Å². The molecule has 3 nitrogen and oxygen atoms in total. The second-order valence-electron chi connectivity index (χ2n) is 5.92. The van der Waals surface area contributed by atoms with E-state index in [-0.39, 0.29) is 5.41 Å². The van der Waals surface area contributed by atoms with Gasteiger partial charge in [-0.05, 0) is 41.6 Å². The molecule has 1 unspecified atom stereocenters. The van der Waals surface area contributed by atoms with Crippen LogP contribution >= 0.6 is 15.9 Å². The number of aromatic nitrogens is 2. The number of anilines is 1. The van der Waals surface area contributed by atoms with E-state index in [4.69, 9.17) is 0 Å². The maximum absolute atomic E-state index is 4.60. The van der Waals surface area contributed by atoms with E-state index in [1.165, 1.54) is 12.8 Å². The summed E-state index contributed by atoms with van der Waals surface area (Å²) in [5.74, 6) is 2.62. The van der Waals surface area contributed by atoms with Gasteiger partial charge < -0.3 is 5.32 Å². The van der Waals surface area contributed by atoms with E-state index in [9.17, 15) is 0 Å². The lowest BCUT2D eigenvalue weighted by Crippen LogP contribution is -2.21. The summed E-state index contributed by atoms with van der Waals surface area (Å²) in [6, 6.07) is 2.46. The summed E-state index contributed by atoms with van der Waals surface area (Å²) in [5, 5.41) is 3.48. The third-order valence-corrected chi connectivity index (χ3v) is 3.48. The molecule has 1 heterocycles. The minimum Gasteiger partial charge on any atom is -0.367 e. The molecule has 94 valence electrons. The fraction of sp³-hybridized carbons (Fsp3) is 0.692. The quantitative estimate of drug-likeness (QED) is 0.864. The molecule has 1 atom stereocenters. The molecule has 0 radical (unpaired) electrons. The Hall–Kier alpha value is -0.640. The molecule has 1 fully saturated rings. The van der Waals surface area contributed by atoms with Crippen molar-refractivity contribution < 1.29 is 0 Å². The van der Waals surface area contributed by atoms with Crippen LogP contribution in [0.5, 0.6) is 0 Å². The minimum atomic E-state index is -0.0248. The van der Waals surface area contributed by atoms with E-state index in [0.29, 0.717) is 6.04 Å². The predicted molar refractivity (Wildman–Crippen MR) is 74.2 cm³/mol. The average molecular weight is 298 g/mol. The van der Waals surface area contributed by atoms with Crippen molar-refractivity contribution in [3.05, 3.63) is 16.5 Å². The molecule has 0 spiro atoms. The maximum Gasteiger partial charge on any atom is 0.137 e. The smallest absolute Gasteiger partial charge is 0.137 e. The van der Waals surface area contributed by atoms with Crippen LogP contribution < -0.4 is 5.32 Å². The number of rotatable bonds is 3. The maximum atomic E-state index is 4.60. The SMILES string of the molecule is CC(Nc1cc(Br)nc(C(C)(C)C)n1)C1CC1. The van der Waals surface area contributed by atoms with E-state index in [2.05, 4.69) is 58.9 Å². The summed E-state index contributed by atoms with van der Waals surface area (Å²) < 4.78 is 0.850. The number of nitrogens with zero attached hydrogens (tertiary/aromatic N) is 2. The topological polar surface area (TPSA) is 37.8 Å².